The first-order valence-corrected chi connectivity index (χ1v) is 5.89. The monoisotopic (exact) mass is 212 g/mol. The molecule has 0 spiro atoms. The van der Waals surface area contributed by atoms with Gasteiger partial charge in [-0.2, -0.15) is 5.10 Å². The lowest BCUT2D eigenvalue weighted by Gasteiger charge is -2.04. The van der Waals surface area contributed by atoms with Gasteiger partial charge < -0.3 is 0 Å². The quantitative estimate of drug-likeness (QED) is 0.704. The molecule has 0 aromatic carbocycles. The normalized spacial score (nSPS) is 27.0. The summed E-state index contributed by atoms with van der Waals surface area (Å²) in [5.74, 6) is 0.656. The second-order valence-electron chi connectivity index (χ2n) is 4.14. The molecule has 0 amide bonds. The van der Waals surface area contributed by atoms with Crippen LogP contribution in [0.2, 0.25) is 0 Å². The van der Waals surface area contributed by atoms with Gasteiger partial charge >= 0.3 is 0 Å². The fraction of sp³-hybridized carbons (Fsp3) is 0.727. The van der Waals surface area contributed by atoms with Crippen molar-refractivity contribution in [1.82, 2.24) is 9.78 Å². The van der Waals surface area contributed by atoms with Gasteiger partial charge in [-0.25, -0.2) is 0 Å². The minimum Gasteiger partial charge on any atom is -0.272 e. The fourth-order valence-corrected chi connectivity index (χ4v) is 2.51. The van der Waals surface area contributed by atoms with Crippen LogP contribution in [0.1, 0.15) is 44.1 Å². The van der Waals surface area contributed by atoms with E-state index >= 15 is 0 Å². The fourth-order valence-electron chi connectivity index (χ4n) is 2.17. The van der Waals surface area contributed by atoms with Crippen LogP contribution >= 0.6 is 11.6 Å². The van der Waals surface area contributed by atoms with Crippen LogP contribution in [0.15, 0.2) is 12.4 Å². The van der Waals surface area contributed by atoms with Gasteiger partial charge in [-0.1, -0.05) is 6.92 Å². The topological polar surface area (TPSA) is 17.8 Å². The predicted octanol–water partition coefficient (Wildman–Crippen LogP) is 3.17. The van der Waals surface area contributed by atoms with Crippen molar-refractivity contribution < 1.29 is 0 Å². The number of alkyl halides is 1. The number of rotatable bonds is 3. The Hall–Kier alpha value is -0.500. The molecule has 1 aromatic heterocycles. The third kappa shape index (κ3) is 2.11. The zero-order valence-electron chi connectivity index (χ0n) is 8.62. The zero-order valence-corrected chi connectivity index (χ0v) is 9.37. The number of hydrogen-bond donors (Lipinski definition) is 0. The molecule has 0 N–H and O–H groups in total. The average Bonchev–Trinajstić information content (AvgIpc) is 2.74. The van der Waals surface area contributed by atoms with E-state index in [9.17, 15) is 0 Å². The Morgan fingerprint density at radius 3 is 3.07 bits per heavy atom. The molecule has 1 heterocycles. The summed E-state index contributed by atoms with van der Waals surface area (Å²) in [5.41, 5.74) is 1.38. The van der Waals surface area contributed by atoms with Crippen LogP contribution < -0.4 is 0 Å². The van der Waals surface area contributed by atoms with Gasteiger partial charge in [-0.05, 0) is 37.2 Å². The maximum absolute atomic E-state index is 6.10. The number of nitrogens with zero attached hydrogens (tertiary/aromatic N) is 2. The average molecular weight is 213 g/mol. The summed E-state index contributed by atoms with van der Waals surface area (Å²) in [6.07, 6.45) is 8.85. The highest BCUT2D eigenvalue weighted by Crippen LogP contribution is 2.36. The Balaban J connectivity index is 2.02. The summed E-state index contributed by atoms with van der Waals surface area (Å²) in [6, 6.07) is 0. The van der Waals surface area contributed by atoms with E-state index in [2.05, 4.69) is 18.2 Å². The second-order valence-corrected chi connectivity index (χ2v) is 4.76. The Morgan fingerprint density at radius 1 is 1.57 bits per heavy atom. The Labute approximate surface area is 90.3 Å². The van der Waals surface area contributed by atoms with E-state index in [0.717, 1.165) is 25.8 Å². The van der Waals surface area contributed by atoms with Crippen LogP contribution in [-0.4, -0.2) is 15.2 Å². The highest BCUT2D eigenvalue weighted by molar-refractivity contribution is 6.20. The first-order valence-electron chi connectivity index (χ1n) is 5.46. The molecule has 2 unspecified atom stereocenters. The molecule has 14 heavy (non-hydrogen) atoms. The summed E-state index contributed by atoms with van der Waals surface area (Å²) in [7, 11) is 0. The van der Waals surface area contributed by atoms with E-state index in [1.54, 1.807) is 0 Å². The molecule has 78 valence electrons. The van der Waals surface area contributed by atoms with Gasteiger partial charge in [0.05, 0.1) is 6.20 Å². The summed E-state index contributed by atoms with van der Waals surface area (Å²) in [4.78, 5) is 0. The Morgan fingerprint density at radius 2 is 2.43 bits per heavy atom. The van der Waals surface area contributed by atoms with Crippen molar-refractivity contribution in [2.75, 3.05) is 0 Å². The molecule has 0 aliphatic heterocycles. The Kier molecular flexibility index (Phi) is 3.12. The van der Waals surface area contributed by atoms with Crippen molar-refractivity contribution in [3.63, 3.8) is 0 Å². The van der Waals surface area contributed by atoms with E-state index in [4.69, 9.17) is 11.6 Å². The maximum Gasteiger partial charge on any atom is 0.0524 e. The lowest BCUT2D eigenvalue weighted by Crippen LogP contribution is -1.96. The summed E-state index contributed by atoms with van der Waals surface area (Å²) in [5, 5.41) is 4.73. The highest BCUT2D eigenvalue weighted by Gasteiger charge is 2.24. The molecule has 1 aliphatic rings. The number of halogens is 1. The maximum atomic E-state index is 6.10. The van der Waals surface area contributed by atoms with Gasteiger partial charge in [0, 0.05) is 18.1 Å². The van der Waals surface area contributed by atoms with Crippen LogP contribution in [0, 0.1) is 0 Å². The van der Waals surface area contributed by atoms with E-state index in [-0.39, 0.29) is 0 Å². The minimum atomic E-state index is 0.384. The first-order chi connectivity index (χ1) is 6.79. The molecule has 0 saturated heterocycles. The van der Waals surface area contributed by atoms with Crippen molar-refractivity contribution in [1.29, 1.82) is 0 Å². The van der Waals surface area contributed by atoms with Gasteiger partial charge in [0.25, 0.3) is 0 Å². The van der Waals surface area contributed by atoms with E-state index in [1.165, 1.54) is 12.0 Å². The van der Waals surface area contributed by atoms with Crippen LogP contribution in [0.5, 0.6) is 0 Å². The predicted molar refractivity (Wildman–Crippen MR) is 58.8 cm³/mol. The van der Waals surface area contributed by atoms with Gasteiger partial charge in [0.1, 0.15) is 0 Å². The molecule has 1 fully saturated rings. The third-order valence-corrected chi connectivity index (χ3v) is 3.34. The summed E-state index contributed by atoms with van der Waals surface area (Å²) >= 11 is 6.10. The van der Waals surface area contributed by atoms with Crippen LogP contribution in [0.4, 0.5) is 0 Å². The molecule has 2 rings (SSSR count). The standard InChI is InChI=1S/C11H17ClN2/c1-2-5-14-8-10(7-13-14)9-3-4-11(12)6-9/h7-9,11H,2-6H2,1H3. The lowest BCUT2D eigenvalue weighted by molar-refractivity contribution is 0.601. The van der Waals surface area contributed by atoms with Gasteiger partial charge in [-0.3, -0.25) is 4.68 Å². The zero-order chi connectivity index (χ0) is 9.97. The van der Waals surface area contributed by atoms with Crippen molar-refractivity contribution in [3.05, 3.63) is 18.0 Å². The molecule has 1 aliphatic carbocycles. The molecule has 0 radical (unpaired) electrons. The minimum absolute atomic E-state index is 0.384. The van der Waals surface area contributed by atoms with E-state index in [1.807, 2.05) is 10.9 Å². The van der Waals surface area contributed by atoms with Gasteiger partial charge in [0.2, 0.25) is 0 Å². The number of aromatic nitrogens is 2. The summed E-state index contributed by atoms with van der Waals surface area (Å²) in [6.45, 7) is 3.20. The van der Waals surface area contributed by atoms with Crippen molar-refractivity contribution >= 4 is 11.6 Å². The summed E-state index contributed by atoms with van der Waals surface area (Å²) < 4.78 is 2.04. The second kappa shape index (κ2) is 4.35. The van der Waals surface area contributed by atoms with Crippen molar-refractivity contribution in [2.24, 2.45) is 0 Å². The molecule has 1 saturated carbocycles. The third-order valence-electron chi connectivity index (χ3n) is 2.95. The number of hydrogen-bond acceptors (Lipinski definition) is 1. The molecule has 1 aromatic rings. The van der Waals surface area contributed by atoms with Gasteiger partial charge in [-0.15, -0.1) is 11.6 Å². The lowest BCUT2D eigenvalue weighted by atomic mass is 10.0. The molecule has 2 atom stereocenters. The van der Waals surface area contributed by atoms with Crippen LogP contribution in [0.3, 0.4) is 0 Å². The van der Waals surface area contributed by atoms with Gasteiger partial charge in [0.15, 0.2) is 0 Å². The largest absolute Gasteiger partial charge is 0.272 e. The van der Waals surface area contributed by atoms with Crippen molar-refractivity contribution in [2.45, 2.75) is 50.4 Å². The molecular weight excluding hydrogens is 196 g/mol. The molecule has 2 nitrogen and oxygen atoms in total. The smallest absolute Gasteiger partial charge is 0.0524 e. The first kappa shape index (κ1) is 10.0. The van der Waals surface area contributed by atoms with Crippen LogP contribution in [-0.2, 0) is 6.54 Å². The molecule has 0 bridgehead atoms. The Bertz CT molecular complexity index is 295. The van der Waals surface area contributed by atoms with Crippen LogP contribution in [0.25, 0.3) is 0 Å². The van der Waals surface area contributed by atoms with E-state index in [0.29, 0.717) is 11.3 Å². The molecule has 3 heteroatoms. The van der Waals surface area contributed by atoms with E-state index < -0.39 is 0 Å². The van der Waals surface area contributed by atoms with Crippen molar-refractivity contribution in [3.8, 4) is 0 Å². The number of aryl methyl sites for hydroxylation is 1. The SMILES string of the molecule is CCCn1cc(C2CCC(Cl)C2)cn1. The molecular formula is C11H17ClN2. The highest BCUT2D eigenvalue weighted by atomic mass is 35.5.